The monoisotopic (exact) mass is 231 g/mol. The first kappa shape index (κ1) is 14.2. The van der Waals surface area contributed by atoms with Crippen LogP contribution in [0.15, 0.2) is 18.2 Å². The van der Waals surface area contributed by atoms with E-state index < -0.39 is 0 Å². The van der Waals surface area contributed by atoms with Crippen molar-refractivity contribution in [3.63, 3.8) is 0 Å². The van der Waals surface area contributed by atoms with Gasteiger partial charge in [0.1, 0.15) is 5.75 Å². The van der Waals surface area contributed by atoms with Crippen molar-refractivity contribution in [3.05, 3.63) is 29.3 Å². The molecule has 0 aliphatic carbocycles. The Bertz CT molecular complexity index is 305. The van der Waals surface area contributed by atoms with Crippen LogP contribution in [0.4, 0.5) is 0 Å². The van der Waals surface area contributed by atoms with Crippen LogP contribution in [-0.2, 0) is 0 Å². The molecule has 0 amide bonds. The molecule has 0 aliphatic rings. The van der Waals surface area contributed by atoms with Crippen LogP contribution in [0.1, 0.15) is 30.0 Å². The average molecular weight is 232 g/mol. The topological polar surface area (TPSA) is 66.5 Å². The molecule has 0 bridgehead atoms. The highest BCUT2D eigenvalue weighted by atomic mass is 35.5. The third-order valence-electron chi connectivity index (χ3n) is 2.32. The summed E-state index contributed by atoms with van der Waals surface area (Å²) in [6.07, 6.45) is 1.47. The normalized spacial score (nSPS) is 11.9. The van der Waals surface area contributed by atoms with Gasteiger partial charge in [-0.2, -0.15) is 0 Å². The van der Waals surface area contributed by atoms with E-state index in [-0.39, 0.29) is 25.1 Å². The van der Waals surface area contributed by atoms with Crippen molar-refractivity contribution < 1.29 is 10.2 Å². The molecule has 0 unspecified atom stereocenters. The van der Waals surface area contributed by atoms with Crippen molar-refractivity contribution in [3.8, 4) is 5.75 Å². The lowest BCUT2D eigenvalue weighted by molar-refractivity contribution is 0.280. The maximum Gasteiger partial charge on any atom is 0.118 e. The van der Waals surface area contributed by atoms with Gasteiger partial charge in [-0.1, -0.05) is 12.1 Å². The van der Waals surface area contributed by atoms with Gasteiger partial charge >= 0.3 is 0 Å². The molecule has 0 radical (unpaired) electrons. The maximum atomic E-state index is 9.32. The second-order valence-corrected chi connectivity index (χ2v) is 3.52. The summed E-state index contributed by atoms with van der Waals surface area (Å²) in [5, 5.41) is 18.0. The largest absolute Gasteiger partial charge is 0.508 e. The molecule has 4 heteroatoms. The lowest BCUT2D eigenvalue weighted by atomic mass is 10.0. The molecule has 86 valence electrons. The van der Waals surface area contributed by atoms with Gasteiger partial charge in [0.15, 0.2) is 0 Å². The van der Waals surface area contributed by atoms with E-state index in [1.165, 1.54) is 0 Å². The molecule has 15 heavy (non-hydrogen) atoms. The van der Waals surface area contributed by atoms with Crippen molar-refractivity contribution in [2.24, 2.45) is 5.73 Å². The average Bonchev–Trinajstić information content (AvgIpc) is 2.18. The van der Waals surface area contributed by atoms with E-state index in [1.807, 2.05) is 19.1 Å². The number of hydrogen-bond acceptors (Lipinski definition) is 3. The van der Waals surface area contributed by atoms with E-state index in [1.54, 1.807) is 6.07 Å². The zero-order valence-electron chi connectivity index (χ0n) is 8.81. The highest BCUT2D eigenvalue weighted by molar-refractivity contribution is 5.85. The number of halogens is 1. The van der Waals surface area contributed by atoms with Gasteiger partial charge in [-0.15, -0.1) is 12.4 Å². The standard InChI is InChI=1S/C11H17NO2.ClH/c1-8-7-9(4-5-11(8)14)10(12)3-2-6-13;/h4-5,7,10,13-14H,2-3,6,12H2,1H3;1H/t10-;/m0./s1. The summed E-state index contributed by atoms with van der Waals surface area (Å²) in [7, 11) is 0. The van der Waals surface area contributed by atoms with Crippen molar-refractivity contribution >= 4 is 12.4 Å². The highest BCUT2D eigenvalue weighted by Crippen LogP contribution is 2.22. The highest BCUT2D eigenvalue weighted by Gasteiger charge is 2.06. The Morgan fingerprint density at radius 3 is 2.60 bits per heavy atom. The number of aryl methyl sites for hydroxylation is 1. The molecule has 3 nitrogen and oxygen atoms in total. The summed E-state index contributed by atoms with van der Waals surface area (Å²) < 4.78 is 0. The number of aliphatic hydroxyl groups excluding tert-OH is 1. The fourth-order valence-electron chi connectivity index (χ4n) is 1.39. The molecule has 1 aromatic carbocycles. The first-order valence-electron chi connectivity index (χ1n) is 4.81. The third kappa shape index (κ3) is 4.08. The van der Waals surface area contributed by atoms with Crippen LogP contribution in [0.5, 0.6) is 5.75 Å². The minimum absolute atomic E-state index is 0. The second-order valence-electron chi connectivity index (χ2n) is 3.52. The molecule has 1 aromatic rings. The van der Waals surface area contributed by atoms with Crippen LogP contribution in [0.25, 0.3) is 0 Å². The Balaban J connectivity index is 0.00000196. The predicted molar refractivity (Wildman–Crippen MR) is 63.3 cm³/mol. The van der Waals surface area contributed by atoms with Gasteiger partial charge < -0.3 is 15.9 Å². The zero-order valence-corrected chi connectivity index (χ0v) is 9.63. The van der Waals surface area contributed by atoms with E-state index >= 15 is 0 Å². The molecule has 0 fully saturated rings. The van der Waals surface area contributed by atoms with Crippen molar-refractivity contribution in [2.45, 2.75) is 25.8 Å². The van der Waals surface area contributed by atoms with E-state index in [4.69, 9.17) is 10.8 Å². The van der Waals surface area contributed by atoms with E-state index in [0.29, 0.717) is 12.2 Å². The van der Waals surface area contributed by atoms with Crippen LogP contribution in [0, 0.1) is 6.92 Å². The van der Waals surface area contributed by atoms with E-state index in [2.05, 4.69) is 0 Å². The molecule has 0 aliphatic heterocycles. The number of aromatic hydroxyl groups is 1. The number of nitrogens with two attached hydrogens (primary N) is 1. The Morgan fingerprint density at radius 2 is 2.07 bits per heavy atom. The summed E-state index contributed by atoms with van der Waals surface area (Å²) in [5.74, 6) is 0.295. The lowest BCUT2D eigenvalue weighted by Gasteiger charge is -2.12. The van der Waals surface area contributed by atoms with Gasteiger partial charge in [0.25, 0.3) is 0 Å². The van der Waals surface area contributed by atoms with Gasteiger partial charge in [-0.25, -0.2) is 0 Å². The smallest absolute Gasteiger partial charge is 0.118 e. The number of aliphatic hydroxyl groups is 1. The Hall–Kier alpha value is -0.770. The lowest BCUT2D eigenvalue weighted by Crippen LogP contribution is -2.10. The summed E-state index contributed by atoms with van der Waals surface area (Å²) in [6, 6.07) is 5.31. The van der Waals surface area contributed by atoms with Gasteiger partial charge in [0.2, 0.25) is 0 Å². The number of phenols is 1. The third-order valence-corrected chi connectivity index (χ3v) is 2.32. The summed E-state index contributed by atoms with van der Waals surface area (Å²) in [6.45, 7) is 2.02. The SMILES string of the molecule is Cc1cc([C@@H](N)CCCO)ccc1O.Cl. The Labute approximate surface area is 96.3 Å². The fourth-order valence-corrected chi connectivity index (χ4v) is 1.39. The van der Waals surface area contributed by atoms with Crippen LogP contribution in [0.3, 0.4) is 0 Å². The molecule has 4 N–H and O–H groups in total. The Morgan fingerprint density at radius 1 is 1.40 bits per heavy atom. The second kappa shape index (κ2) is 6.67. The van der Waals surface area contributed by atoms with Crippen molar-refractivity contribution in [1.29, 1.82) is 0 Å². The molecule has 0 spiro atoms. The molecule has 0 aromatic heterocycles. The zero-order chi connectivity index (χ0) is 10.6. The maximum absolute atomic E-state index is 9.32. The molecule has 0 saturated carbocycles. The Kier molecular flexibility index (Phi) is 6.32. The number of rotatable bonds is 4. The van der Waals surface area contributed by atoms with Crippen LogP contribution in [-0.4, -0.2) is 16.8 Å². The number of phenolic OH excluding ortho intramolecular Hbond substituents is 1. The van der Waals surface area contributed by atoms with Crippen molar-refractivity contribution in [1.82, 2.24) is 0 Å². The molecule has 1 atom stereocenters. The predicted octanol–water partition coefficient (Wildman–Crippen LogP) is 1.89. The van der Waals surface area contributed by atoms with Crippen LogP contribution in [0.2, 0.25) is 0 Å². The van der Waals surface area contributed by atoms with E-state index in [0.717, 1.165) is 17.5 Å². The minimum atomic E-state index is -0.0542. The molecular weight excluding hydrogens is 214 g/mol. The quantitative estimate of drug-likeness (QED) is 0.742. The number of benzene rings is 1. The summed E-state index contributed by atoms with van der Waals surface area (Å²) in [4.78, 5) is 0. The van der Waals surface area contributed by atoms with Gasteiger partial charge in [0.05, 0.1) is 0 Å². The molecule has 0 heterocycles. The number of hydrogen-bond donors (Lipinski definition) is 3. The minimum Gasteiger partial charge on any atom is -0.508 e. The van der Waals surface area contributed by atoms with Crippen LogP contribution >= 0.6 is 12.4 Å². The van der Waals surface area contributed by atoms with Crippen LogP contribution < -0.4 is 5.73 Å². The van der Waals surface area contributed by atoms with Gasteiger partial charge in [-0.05, 0) is 37.0 Å². The summed E-state index contributed by atoms with van der Waals surface area (Å²) in [5.41, 5.74) is 7.75. The fraction of sp³-hybridized carbons (Fsp3) is 0.455. The molecular formula is C11H18ClNO2. The van der Waals surface area contributed by atoms with Crippen molar-refractivity contribution in [2.75, 3.05) is 6.61 Å². The first-order chi connectivity index (χ1) is 6.65. The summed E-state index contributed by atoms with van der Waals surface area (Å²) >= 11 is 0. The van der Waals surface area contributed by atoms with Gasteiger partial charge in [0, 0.05) is 12.6 Å². The van der Waals surface area contributed by atoms with Gasteiger partial charge in [-0.3, -0.25) is 0 Å². The molecule has 0 saturated heterocycles. The molecule has 1 rings (SSSR count). The van der Waals surface area contributed by atoms with E-state index in [9.17, 15) is 5.11 Å². The first-order valence-corrected chi connectivity index (χ1v) is 4.81.